The van der Waals surface area contributed by atoms with E-state index in [2.05, 4.69) is 4.98 Å². The van der Waals surface area contributed by atoms with E-state index in [0.29, 0.717) is 41.9 Å². The maximum absolute atomic E-state index is 14.4. The van der Waals surface area contributed by atoms with Crippen molar-refractivity contribution in [2.45, 2.75) is 44.6 Å². The van der Waals surface area contributed by atoms with Crippen molar-refractivity contribution in [3.63, 3.8) is 0 Å². The average Bonchev–Trinajstić information content (AvgIpc) is 3.64. The standard InChI is InChI=1S/C28H30FN3O5S/c1-36-25-7-2-18(15-30-25)22-6-3-20(29)14-23(22)24-16-38-28(31-24)32(21-4-5-21)27(35)19(13-26(33)34)12-17-8-10-37-11-9-17/h2-3,6-7,14-17,19,21H,4-5,8-13H2,1H3,(H,33,34)/t19-/m1/s1. The molecule has 2 aliphatic rings. The van der Waals surface area contributed by atoms with Crippen molar-refractivity contribution < 1.29 is 28.6 Å². The summed E-state index contributed by atoms with van der Waals surface area (Å²) in [5.41, 5.74) is 2.68. The number of anilines is 1. The zero-order chi connectivity index (χ0) is 26.6. The Balaban J connectivity index is 1.44. The number of ether oxygens (including phenoxy) is 2. The summed E-state index contributed by atoms with van der Waals surface area (Å²) in [4.78, 5) is 36.2. The summed E-state index contributed by atoms with van der Waals surface area (Å²) in [6, 6.07) is 8.11. The van der Waals surface area contributed by atoms with Crippen molar-refractivity contribution in [3.8, 4) is 28.3 Å². The zero-order valence-corrected chi connectivity index (χ0v) is 22.0. The highest BCUT2D eigenvalue weighted by Crippen LogP contribution is 2.40. The minimum atomic E-state index is -0.983. The highest BCUT2D eigenvalue weighted by atomic mass is 32.1. The van der Waals surface area contributed by atoms with Crippen LogP contribution >= 0.6 is 11.3 Å². The van der Waals surface area contributed by atoms with E-state index >= 15 is 0 Å². The lowest BCUT2D eigenvalue weighted by Gasteiger charge is -2.29. The number of rotatable bonds is 10. The van der Waals surface area contributed by atoms with Gasteiger partial charge < -0.3 is 14.6 Å². The van der Waals surface area contributed by atoms with E-state index in [9.17, 15) is 19.1 Å². The normalized spacial score (nSPS) is 16.7. The predicted molar refractivity (Wildman–Crippen MR) is 142 cm³/mol. The molecule has 0 unspecified atom stereocenters. The summed E-state index contributed by atoms with van der Waals surface area (Å²) in [6.07, 6.45) is 5.33. The smallest absolute Gasteiger partial charge is 0.304 e. The number of aromatic nitrogens is 2. The van der Waals surface area contributed by atoms with Gasteiger partial charge in [-0.2, -0.15) is 0 Å². The lowest BCUT2D eigenvalue weighted by atomic mass is 9.86. The minimum Gasteiger partial charge on any atom is -0.481 e. The number of halogens is 1. The minimum absolute atomic E-state index is 0.00486. The molecule has 10 heteroatoms. The molecule has 38 heavy (non-hydrogen) atoms. The molecule has 2 aromatic heterocycles. The average molecular weight is 540 g/mol. The van der Waals surface area contributed by atoms with Crippen molar-refractivity contribution in [2.24, 2.45) is 11.8 Å². The molecule has 8 nitrogen and oxygen atoms in total. The third-order valence-electron chi connectivity index (χ3n) is 7.09. The number of amides is 1. The van der Waals surface area contributed by atoms with Gasteiger partial charge in [-0.05, 0) is 61.8 Å². The van der Waals surface area contributed by atoms with Crippen LogP contribution in [0, 0.1) is 17.7 Å². The van der Waals surface area contributed by atoms with Crippen LogP contribution < -0.4 is 9.64 Å². The van der Waals surface area contributed by atoms with E-state index in [4.69, 9.17) is 14.5 Å². The fourth-order valence-electron chi connectivity index (χ4n) is 4.97. The summed E-state index contributed by atoms with van der Waals surface area (Å²) < 4.78 is 24.9. The Kier molecular flexibility index (Phi) is 7.99. The Hall–Kier alpha value is -3.37. The maximum Gasteiger partial charge on any atom is 0.304 e. The number of carbonyl (C=O) groups is 2. The largest absolute Gasteiger partial charge is 0.481 e. The lowest BCUT2D eigenvalue weighted by Crippen LogP contribution is -2.40. The second-order valence-corrected chi connectivity index (χ2v) is 10.7. The number of nitrogens with zero attached hydrogens (tertiary/aromatic N) is 3. The number of carbonyl (C=O) groups excluding carboxylic acids is 1. The van der Waals surface area contributed by atoms with E-state index in [1.807, 2.05) is 11.4 Å². The molecular weight excluding hydrogens is 509 g/mol. The van der Waals surface area contributed by atoms with Gasteiger partial charge in [-0.1, -0.05) is 6.07 Å². The van der Waals surface area contributed by atoms with E-state index in [0.717, 1.165) is 36.8 Å². The molecule has 3 heterocycles. The van der Waals surface area contributed by atoms with Gasteiger partial charge in [0.05, 0.1) is 19.2 Å². The van der Waals surface area contributed by atoms with E-state index in [-0.39, 0.29) is 24.3 Å². The molecule has 200 valence electrons. The van der Waals surface area contributed by atoms with Crippen LogP contribution in [0.4, 0.5) is 9.52 Å². The third-order valence-corrected chi connectivity index (χ3v) is 7.93. The Labute approximate surface area is 224 Å². The van der Waals surface area contributed by atoms with Crippen molar-refractivity contribution in [1.82, 2.24) is 9.97 Å². The molecule has 1 saturated heterocycles. The van der Waals surface area contributed by atoms with Gasteiger partial charge in [0.1, 0.15) is 5.82 Å². The van der Waals surface area contributed by atoms with Crippen molar-refractivity contribution in [3.05, 3.63) is 47.7 Å². The van der Waals surface area contributed by atoms with E-state index in [1.165, 1.54) is 23.5 Å². The topological polar surface area (TPSA) is 102 Å². The van der Waals surface area contributed by atoms with E-state index in [1.54, 1.807) is 30.3 Å². The molecule has 1 amide bonds. The number of carboxylic acid groups (broad SMARTS) is 1. The van der Waals surface area contributed by atoms with Gasteiger partial charge in [0.25, 0.3) is 0 Å². The quantitative estimate of drug-likeness (QED) is 0.367. The number of thiazole rings is 1. The number of benzene rings is 1. The Morgan fingerprint density at radius 1 is 1.18 bits per heavy atom. The van der Waals surface area contributed by atoms with Crippen LogP contribution in [-0.4, -0.2) is 53.3 Å². The first kappa shape index (κ1) is 26.2. The number of aliphatic carboxylic acids is 1. The van der Waals surface area contributed by atoms with Gasteiger partial charge in [-0.3, -0.25) is 14.5 Å². The molecule has 1 aliphatic carbocycles. The fourth-order valence-corrected chi connectivity index (χ4v) is 5.87. The van der Waals surface area contributed by atoms with Gasteiger partial charge in [0.2, 0.25) is 11.8 Å². The van der Waals surface area contributed by atoms with Crippen LogP contribution in [0.15, 0.2) is 41.9 Å². The maximum atomic E-state index is 14.4. The second-order valence-electron chi connectivity index (χ2n) is 9.82. The first-order valence-corrected chi connectivity index (χ1v) is 13.7. The first-order chi connectivity index (χ1) is 18.4. The molecule has 0 spiro atoms. The summed E-state index contributed by atoms with van der Waals surface area (Å²) in [5, 5.41) is 11.9. The van der Waals surface area contributed by atoms with Crippen molar-refractivity contribution >= 4 is 28.3 Å². The molecule has 3 aromatic rings. The molecule has 1 N–H and O–H groups in total. The molecule has 0 bridgehead atoms. The van der Waals surface area contributed by atoms with Crippen LogP contribution in [0.3, 0.4) is 0 Å². The SMILES string of the molecule is COc1ccc(-c2ccc(F)cc2-c2csc(N(C(=O)[C@@H](CC(=O)O)CC3CCOCC3)C3CC3)n2)cn1. The van der Waals surface area contributed by atoms with Crippen LogP contribution in [0.5, 0.6) is 5.88 Å². The molecular formula is C28H30FN3O5S. The zero-order valence-electron chi connectivity index (χ0n) is 21.1. The summed E-state index contributed by atoms with van der Waals surface area (Å²) >= 11 is 1.32. The Bertz CT molecular complexity index is 1290. The Morgan fingerprint density at radius 2 is 1.97 bits per heavy atom. The van der Waals surface area contributed by atoms with Crippen LogP contribution in [0.1, 0.15) is 38.5 Å². The molecule has 0 radical (unpaired) electrons. The molecule has 1 atom stereocenters. The Morgan fingerprint density at radius 3 is 2.63 bits per heavy atom. The predicted octanol–water partition coefficient (Wildman–Crippen LogP) is 5.42. The number of carboxylic acids is 1. The summed E-state index contributed by atoms with van der Waals surface area (Å²) in [7, 11) is 1.54. The number of hydrogen-bond donors (Lipinski definition) is 1. The summed E-state index contributed by atoms with van der Waals surface area (Å²) in [5.74, 6) is -1.46. The molecule has 1 aromatic carbocycles. The van der Waals surface area contributed by atoms with Crippen molar-refractivity contribution in [1.29, 1.82) is 0 Å². The van der Waals surface area contributed by atoms with Gasteiger partial charge >= 0.3 is 5.97 Å². The lowest BCUT2D eigenvalue weighted by molar-refractivity contribution is -0.141. The van der Waals surface area contributed by atoms with Crippen LogP contribution in [-0.2, 0) is 14.3 Å². The van der Waals surface area contributed by atoms with Gasteiger partial charge in [-0.15, -0.1) is 11.3 Å². The van der Waals surface area contributed by atoms with Crippen LogP contribution in [0.2, 0.25) is 0 Å². The molecule has 2 fully saturated rings. The van der Waals surface area contributed by atoms with Gasteiger partial charge in [-0.25, -0.2) is 14.4 Å². The van der Waals surface area contributed by atoms with Crippen molar-refractivity contribution in [2.75, 3.05) is 25.2 Å². The van der Waals surface area contributed by atoms with Crippen LogP contribution in [0.25, 0.3) is 22.4 Å². The monoisotopic (exact) mass is 539 g/mol. The highest BCUT2D eigenvalue weighted by molar-refractivity contribution is 7.14. The fraction of sp³-hybridized carbons (Fsp3) is 0.429. The first-order valence-electron chi connectivity index (χ1n) is 12.8. The third kappa shape index (κ3) is 6.02. The molecule has 5 rings (SSSR count). The molecule has 1 saturated carbocycles. The number of hydrogen-bond acceptors (Lipinski definition) is 7. The summed E-state index contributed by atoms with van der Waals surface area (Å²) in [6.45, 7) is 1.28. The second kappa shape index (κ2) is 11.6. The highest BCUT2D eigenvalue weighted by Gasteiger charge is 2.40. The number of pyridine rings is 1. The van der Waals surface area contributed by atoms with E-state index < -0.39 is 17.7 Å². The van der Waals surface area contributed by atoms with Gasteiger partial charge in [0.15, 0.2) is 5.13 Å². The molecule has 1 aliphatic heterocycles. The van der Waals surface area contributed by atoms with Gasteiger partial charge in [0, 0.05) is 53.9 Å². The number of methoxy groups -OCH3 is 1.